The van der Waals surface area contributed by atoms with Crippen LogP contribution in [-0.4, -0.2) is 38.4 Å². The Morgan fingerprint density at radius 3 is 2.71 bits per heavy atom. The number of carbonyl (C=O) groups excluding carboxylic acids is 1. The number of likely N-dealkylation sites (tertiary alicyclic amines) is 1. The van der Waals surface area contributed by atoms with Crippen LogP contribution in [0.1, 0.15) is 38.1 Å². The van der Waals surface area contributed by atoms with Gasteiger partial charge in [-0.05, 0) is 25.0 Å². The van der Waals surface area contributed by atoms with Crippen molar-refractivity contribution >= 4 is 5.91 Å². The van der Waals surface area contributed by atoms with E-state index in [9.17, 15) is 13.6 Å². The van der Waals surface area contributed by atoms with Crippen LogP contribution in [0.3, 0.4) is 0 Å². The van der Waals surface area contributed by atoms with Gasteiger partial charge in [0, 0.05) is 29.8 Å². The van der Waals surface area contributed by atoms with E-state index in [0.717, 1.165) is 12.8 Å². The van der Waals surface area contributed by atoms with Gasteiger partial charge < -0.3 is 9.42 Å². The highest BCUT2D eigenvalue weighted by Gasteiger charge is 2.56. The van der Waals surface area contributed by atoms with Gasteiger partial charge in [-0.3, -0.25) is 9.78 Å². The second-order valence-corrected chi connectivity index (χ2v) is 6.76. The number of carbonyl (C=O) groups is 1. The van der Waals surface area contributed by atoms with Gasteiger partial charge in [0.25, 0.3) is 5.92 Å². The van der Waals surface area contributed by atoms with Crippen LogP contribution in [-0.2, 0) is 4.79 Å². The summed E-state index contributed by atoms with van der Waals surface area (Å²) in [5.41, 5.74) is 0.156. The average molecular weight is 334 g/mol. The maximum Gasteiger partial charge on any atom is 0.267 e. The van der Waals surface area contributed by atoms with E-state index in [1.165, 1.54) is 4.90 Å². The average Bonchev–Trinajstić information content (AvgIpc) is 3.00. The third-order valence-electron chi connectivity index (χ3n) is 4.71. The Labute approximate surface area is 136 Å². The van der Waals surface area contributed by atoms with E-state index in [1.54, 1.807) is 31.5 Å². The highest BCUT2D eigenvalue weighted by molar-refractivity contribution is 5.85. The molecule has 1 aliphatic carbocycles. The summed E-state index contributed by atoms with van der Waals surface area (Å²) < 4.78 is 33.1. The van der Waals surface area contributed by atoms with Crippen molar-refractivity contribution in [1.82, 2.24) is 20.0 Å². The van der Waals surface area contributed by atoms with E-state index in [0.29, 0.717) is 11.4 Å². The lowest BCUT2D eigenvalue weighted by Gasteiger charge is -2.24. The Hall–Kier alpha value is -2.38. The van der Waals surface area contributed by atoms with Gasteiger partial charge in [0.05, 0.1) is 6.54 Å². The van der Waals surface area contributed by atoms with Crippen molar-refractivity contribution in [3.63, 3.8) is 0 Å². The molecule has 0 unspecified atom stereocenters. The maximum absolute atomic E-state index is 13.9. The molecule has 1 atom stereocenters. The summed E-state index contributed by atoms with van der Waals surface area (Å²) in [7, 11) is 0. The molecule has 2 fully saturated rings. The van der Waals surface area contributed by atoms with E-state index in [2.05, 4.69) is 15.1 Å². The molecular weight excluding hydrogens is 318 g/mol. The first-order valence-electron chi connectivity index (χ1n) is 7.81. The fourth-order valence-electron chi connectivity index (χ4n) is 2.99. The minimum absolute atomic E-state index is 0.0524. The molecule has 0 aromatic carbocycles. The van der Waals surface area contributed by atoms with Crippen molar-refractivity contribution in [3.8, 4) is 11.4 Å². The maximum atomic E-state index is 13.9. The largest absolute Gasteiger partial charge is 0.337 e. The number of hydrogen-bond acceptors (Lipinski definition) is 5. The molecule has 0 spiro atoms. The summed E-state index contributed by atoms with van der Waals surface area (Å²) in [6.07, 6.45) is 4.13. The van der Waals surface area contributed by atoms with Crippen LogP contribution in [0.2, 0.25) is 0 Å². The molecule has 1 saturated carbocycles. The normalized spacial score (nSPS) is 24.1. The van der Waals surface area contributed by atoms with Crippen LogP contribution < -0.4 is 0 Å². The van der Waals surface area contributed by atoms with E-state index < -0.39 is 30.3 Å². The van der Waals surface area contributed by atoms with Gasteiger partial charge in [-0.1, -0.05) is 12.1 Å². The molecule has 6 nitrogen and oxygen atoms in total. The number of pyridine rings is 1. The zero-order valence-corrected chi connectivity index (χ0v) is 13.1. The molecule has 1 saturated heterocycles. The van der Waals surface area contributed by atoms with Gasteiger partial charge in [-0.25, -0.2) is 8.78 Å². The molecule has 8 heteroatoms. The quantitative estimate of drug-likeness (QED) is 0.863. The van der Waals surface area contributed by atoms with Gasteiger partial charge in [-0.2, -0.15) is 4.98 Å². The number of halogens is 2. The molecule has 0 bridgehead atoms. The molecule has 126 valence electrons. The first-order chi connectivity index (χ1) is 11.4. The third-order valence-corrected chi connectivity index (χ3v) is 4.71. The van der Waals surface area contributed by atoms with Crippen LogP contribution in [0.5, 0.6) is 0 Å². The SMILES string of the molecule is CC1(C(=O)N2CC(F)(F)C[C@H]2c2nc(-c3ccncc3)no2)CC1. The molecule has 2 aromatic heterocycles. The summed E-state index contributed by atoms with van der Waals surface area (Å²) in [6.45, 7) is 1.21. The van der Waals surface area contributed by atoms with Gasteiger partial charge in [0.15, 0.2) is 0 Å². The fourth-order valence-corrected chi connectivity index (χ4v) is 2.99. The molecule has 0 radical (unpaired) electrons. The second-order valence-electron chi connectivity index (χ2n) is 6.76. The summed E-state index contributed by atoms with van der Waals surface area (Å²) >= 11 is 0. The van der Waals surface area contributed by atoms with Crippen molar-refractivity contribution in [2.24, 2.45) is 5.41 Å². The van der Waals surface area contributed by atoms with E-state index >= 15 is 0 Å². The first-order valence-corrected chi connectivity index (χ1v) is 7.81. The smallest absolute Gasteiger partial charge is 0.267 e. The molecule has 0 N–H and O–H groups in total. The Bertz CT molecular complexity index is 773. The number of hydrogen-bond donors (Lipinski definition) is 0. The van der Waals surface area contributed by atoms with E-state index in [4.69, 9.17) is 4.52 Å². The van der Waals surface area contributed by atoms with Gasteiger partial charge in [0.2, 0.25) is 17.6 Å². The number of aromatic nitrogens is 3. The molecule has 1 amide bonds. The zero-order valence-electron chi connectivity index (χ0n) is 13.1. The van der Waals surface area contributed by atoms with Crippen molar-refractivity contribution in [1.29, 1.82) is 0 Å². The standard InChI is InChI=1S/C16H16F2N4O2/c1-15(4-5-15)14(23)22-9-16(17,18)8-11(22)13-20-12(21-24-13)10-2-6-19-7-3-10/h2-3,6-7,11H,4-5,8-9H2,1H3/t11-/m0/s1. The van der Waals surface area contributed by atoms with Gasteiger partial charge in [-0.15, -0.1) is 0 Å². The summed E-state index contributed by atoms with van der Waals surface area (Å²) in [4.78, 5) is 21.9. The lowest BCUT2D eigenvalue weighted by molar-refractivity contribution is -0.139. The minimum atomic E-state index is -2.95. The lowest BCUT2D eigenvalue weighted by atomic mass is 10.1. The first kappa shape index (κ1) is 15.2. The molecule has 4 rings (SSSR count). The van der Waals surface area contributed by atoms with Crippen LogP contribution in [0, 0.1) is 5.41 Å². The van der Waals surface area contributed by atoms with Crippen LogP contribution in [0.25, 0.3) is 11.4 Å². The summed E-state index contributed by atoms with van der Waals surface area (Å²) in [5.74, 6) is -2.85. The molecule has 3 heterocycles. The molecule has 2 aromatic rings. The van der Waals surface area contributed by atoms with Crippen molar-refractivity contribution in [2.45, 2.75) is 38.2 Å². The lowest BCUT2D eigenvalue weighted by Crippen LogP contribution is -2.37. The Kier molecular flexibility index (Phi) is 3.20. The fraction of sp³-hybridized carbons (Fsp3) is 0.500. The van der Waals surface area contributed by atoms with Crippen LogP contribution in [0.15, 0.2) is 29.0 Å². The summed E-state index contributed by atoms with van der Waals surface area (Å²) in [6, 6.07) is 2.52. The highest BCUT2D eigenvalue weighted by atomic mass is 19.3. The van der Waals surface area contributed by atoms with Gasteiger partial charge >= 0.3 is 0 Å². The predicted molar refractivity (Wildman–Crippen MR) is 78.9 cm³/mol. The topological polar surface area (TPSA) is 72.1 Å². The zero-order chi connectivity index (χ0) is 16.9. The number of alkyl halides is 2. The van der Waals surface area contributed by atoms with Gasteiger partial charge in [0.1, 0.15) is 6.04 Å². The predicted octanol–water partition coefficient (Wildman–Crippen LogP) is 2.84. The Balaban J connectivity index is 1.64. The number of nitrogens with zero attached hydrogens (tertiary/aromatic N) is 4. The number of rotatable bonds is 3. The third kappa shape index (κ3) is 2.55. The molecule has 24 heavy (non-hydrogen) atoms. The van der Waals surface area contributed by atoms with Crippen molar-refractivity contribution in [2.75, 3.05) is 6.54 Å². The Morgan fingerprint density at radius 2 is 2.04 bits per heavy atom. The molecule has 2 aliphatic rings. The molecular formula is C16H16F2N4O2. The monoisotopic (exact) mass is 334 g/mol. The second kappa shape index (κ2) is 5.06. The van der Waals surface area contributed by atoms with Crippen LogP contribution >= 0.6 is 0 Å². The Morgan fingerprint density at radius 1 is 1.33 bits per heavy atom. The van der Waals surface area contributed by atoms with E-state index in [-0.39, 0.29) is 11.8 Å². The number of amides is 1. The summed E-state index contributed by atoms with van der Waals surface area (Å²) in [5, 5.41) is 3.85. The van der Waals surface area contributed by atoms with Crippen molar-refractivity contribution in [3.05, 3.63) is 30.4 Å². The highest BCUT2D eigenvalue weighted by Crippen LogP contribution is 2.50. The molecule has 1 aliphatic heterocycles. The minimum Gasteiger partial charge on any atom is -0.337 e. The van der Waals surface area contributed by atoms with E-state index in [1.807, 2.05) is 0 Å². The van der Waals surface area contributed by atoms with Crippen molar-refractivity contribution < 1.29 is 18.1 Å². The van der Waals surface area contributed by atoms with Crippen LogP contribution in [0.4, 0.5) is 8.78 Å².